The molecule has 1 aliphatic rings. The van der Waals surface area contributed by atoms with Crippen LogP contribution in [0.5, 0.6) is 0 Å². The van der Waals surface area contributed by atoms with E-state index in [-0.39, 0.29) is 11.3 Å². The average Bonchev–Trinajstić information content (AvgIpc) is 2.26. The van der Waals surface area contributed by atoms with Crippen molar-refractivity contribution in [2.45, 2.75) is 50.5 Å². The molecule has 0 aromatic carbocycles. The van der Waals surface area contributed by atoms with Crippen LogP contribution in [0.4, 0.5) is 0 Å². The molecule has 3 nitrogen and oxygen atoms in total. The summed E-state index contributed by atoms with van der Waals surface area (Å²) in [5.74, 6) is 0.168. The Morgan fingerprint density at radius 2 is 2.31 bits per heavy atom. The third-order valence-corrected chi connectivity index (χ3v) is 3.04. The Balaban J connectivity index is 2.17. The lowest BCUT2D eigenvalue weighted by molar-refractivity contribution is -0.130. The van der Waals surface area contributed by atoms with E-state index in [9.17, 15) is 4.79 Å². The maximum Gasteiger partial charge on any atom is 0.222 e. The van der Waals surface area contributed by atoms with E-state index in [1.54, 1.807) is 4.90 Å². The van der Waals surface area contributed by atoms with Gasteiger partial charge in [0.15, 0.2) is 0 Å². The van der Waals surface area contributed by atoms with Crippen molar-refractivity contribution in [2.24, 2.45) is 0 Å². The molecule has 0 spiro atoms. The van der Waals surface area contributed by atoms with Crippen LogP contribution in [0.3, 0.4) is 0 Å². The molecule has 2 unspecified atom stereocenters. The fourth-order valence-electron chi connectivity index (χ4n) is 1.99. The van der Waals surface area contributed by atoms with Crippen molar-refractivity contribution in [3.8, 4) is 0 Å². The van der Waals surface area contributed by atoms with Crippen LogP contribution in [0.25, 0.3) is 0 Å². The number of ether oxygens (including phenoxy) is 1. The number of rotatable bonds is 5. The highest BCUT2D eigenvalue weighted by Crippen LogP contribution is 2.17. The van der Waals surface area contributed by atoms with Gasteiger partial charge in [-0.2, -0.15) is 0 Å². The number of alkyl halides is 1. The third-order valence-electron chi connectivity index (χ3n) is 2.91. The minimum atomic E-state index is 0.0138. The number of nitrogens with zero attached hydrogens (tertiary/aromatic N) is 1. The highest BCUT2D eigenvalue weighted by molar-refractivity contribution is 6.20. The fourth-order valence-corrected chi connectivity index (χ4v) is 2.20. The zero-order chi connectivity index (χ0) is 12.0. The first-order chi connectivity index (χ1) is 7.59. The van der Waals surface area contributed by atoms with E-state index in [2.05, 4.69) is 0 Å². The van der Waals surface area contributed by atoms with E-state index in [0.717, 1.165) is 25.9 Å². The molecule has 1 heterocycles. The molecule has 4 heteroatoms. The summed E-state index contributed by atoms with van der Waals surface area (Å²) in [6, 6.07) is 0. The van der Waals surface area contributed by atoms with Gasteiger partial charge in [-0.15, -0.1) is 11.6 Å². The van der Waals surface area contributed by atoms with Gasteiger partial charge < -0.3 is 9.64 Å². The molecule has 1 saturated heterocycles. The Kier molecular flexibility index (Phi) is 6.14. The van der Waals surface area contributed by atoms with Gasteiger partial charge in [-0.3, -0.25) is 4.79 Å². The minimum absolute atomic E-state index is 0.0138. The van der Waals surface area contributed by atoms with Crippen molar-refractivity contribution in [1.82, 2.24) is 4.90 Å². The molecule has 1 amide bonds. The van der Waals surface area contributed by atoms with E-state index < -0.39 is 0 Å². The van der Waals surface area contributed by atoms with E-state index >= 15 is 0 Å². The van der Waals surface area contributed by atoms with E-state index in [1.165, 1.54) is 6.42 Å². The Labute approximate surface area is 103 Å². The standard InChI is InChI=1S/C12H22ClNO2/c1-10(13)9-14(2)12(15)7-6-11-5-3-4-8-16-11/h10-11H,3-9H2,1-2H3. The fraction of sp³-hybridized carbons (Fsp3) is 0.917. The number of amides is 1. The summed E-state index contributed by atoms with van der Waals surface area (Å²) in [6.45, 7) is 3.37. The predicted molar refractivity (Wildman–Crippen MR) is 65.8 cm³/mol. The molecule has 1 fully saturated rings. The molecule has 0 saturated carbocycles. The Morgan fingerprint density at radius 3 is 2.88 bits per heavy atom. The van der Waals surface area contributed by atoms with Gasteiger partial charge >= 0.3 is 0 Å². The lowest BCUT2D eigenvalue weighted by atomic mass is 10.0. The summed E-state index contributed by atoms with van der Waals surface area (Å²) in [6.07, 6.45) is 5.20. The van der Waals surface area contributed by atoms with Crippen LogP contribution in [0.1, 0.15) is 39.0 Å². The minimum Gasteiger partial charge on any atom is -0.378 e. The number of hydrogen-bond acceptors (Lipinski definition) is 2. The largest absolute Gasteiger partial charge is 0.378 e. The predicted octanol–water partition coefficient (Wildman–Crippen LogP) is 2.42. The van der Waals surface area contributed by atoms with Crippen LogP contribution in [0.2, 0.25) is 0 Å². The molecule has 1 rings (SSSR count). The molecule has 0 aromatic heterocycles. The third kappa shape index (κ3) is 5.17. The van der Waals surface area contributed by atoms with Gasteiger partial charge in [0, 0.05) is 32.0 Å². The van der Waals surface area contributed by atoms with Crippen LogP contribution in [-0.2, 0) is 9.53 Å². The van der Waals surface area contributed by atoms with Gasteiger partial charge in [0.2, 0.25) is 5.91 Å². The van der Waals surface area contributed by atoms with Gasteiger partial charge in [0.1, 0.15) is 0 Å². The van der Waals surface area contributed by atoms with Crippen molar-refractivity contribution in [1.29, 1.82) is 0 Å². The number of carbonyl (C=O) groups excluding carboxylic acids is 1. The molecular weight excluding hydrogens is 226 g/mol. The molecule has 0 radical (unpaired) electrons. The van der Waals surface area contributed by atoms with Gasteiger partial charge in [-0.05, 0) is 32.6 Å². The molecule has 16 heavy (non-hydrogen) atoms. The van der Waals surface area contributed by atoms with Gasteiger partial charge in [0.05, 0.1) is 6.10 Å². The SMILES string of the molecule is CC(Cl)CN(C)C(=O)CCC1CCCCO1. The first-order valence-corrected chi connectivity index (χ1v) is 6.53. The normalized spacial score (nSPS) is 22.8. The van der Waals surface area contributed by atoms with Crippen molar-refractivity contribution >= 4 is 17.5 Å². The van der Waals surface area contributed by atoms with E-state index in [4.69, 9.17) is 16.3 Å². The zero-order valence-electron chi connectivity index (χ0n) is 10.2. The van der Waals surface area contributed by atoms with Crippen LogP contribution < -0.4 is 0 Å². The second kappa shape index (κ2) is 7.13. The quantitative estimate of drug-likeness (QED) is 0.699. The van der Waals surface area contributed by atoms with Crippen molar-refractivity contribution in [2.75, 3.05) is 20.2 Å². The van der Waals surface area contributed by atoms with Gasteiger partial charge in [0.25, 0.3) is 0 Å². The summed E-state index contributed by atoms with van der Waals surface area (Å²) in [7, 11) is 1.81. The summed E-state index contributed by atoms with van der Waals surface area (Å²) in [4.78, 5) is 13.4. The molecule has 94 valence electrons. The topological polar surface area (TPSA) is 29.5 Å². The maximum atomic E-state index is 11.7. The highest BCUT2D eigenvalue weighted by Gasteiger charge is 2.17. The smallest absolute Gasteiger partial charge is 0.222 e. The summed E-state index contributed by atoms with van der Waals surface area (Å²) >= 11 is 5.85. The average molecular weight is 248 g/mol. The van der Waals surface area contributed by atoms with Crippen LogP contribution >= 0.6 is 11.6 Å². The monoisotopic (exact) mass is 247 g/mol. The Morgan fingerprint density at radius 1 is 1.56 bits per heavy atom. The number of halogens is 1. The van der Waals surface area contributed by atoms with Crippen molar-refractivity contribution < 1.29 is 9.53 Å². The lowest BCUT2D eigenvalue weighted by Gasteiger charge is -2.24. The van der Waals surface area contributed by atoms with Gasteiger partial charge in [-0.25, -0.2) is 0 Å². The Bertz CT molecular complexity index is 215. The van der Waals surface area contributed by atoms with Crippen molar-refractivity contribution in [3.05, 3.63) is 0 Å². The first-order valence-electron chi connectivity index (χ1n) is 6.09. The lowest BCUT2D eigenvalue weighted by Crippen LogP contribution is -2.32. The molecule has 0 aliphatic carbocycles. The molecule has 0 bridgehead atoms. The zero-order valence-corrected chi connectivity index (χ0v) is 11.0. The summed E-state index contributed by atoms with van der Waals surface area (Å²) < 4.78 is 5.59. The molecule has 0 aromatic rings. The van der Waals surface area contributed by atoms with Crippen molar-refractivity contribution in [3.63, 3.8) is 0 Å². The molecule has 1 aliphatic heterocycles. The van der Waals surface area contributed by atoms with E-state index in [1.807, 2.05) is 14.0 Å². The van der Waals surface area contributed by atoms with Crippen LogP contribution in [-0.4, -0.2) is 42.5 Å². The van der Waals surface area contributed by atoms with E-state index in [0.29, 0.717) is 19.1 Å². The maximum absolute atomic E-state index is 11.7. The molecule has 0 N–H and O–H groups in total. The summed E-state index contributed by atoms with van der Waals surface area (Å²) in [5.41, 5.74) is 0. The summed E-state index contributed by atoms with van der Waals surface area (Å²) in [5, 5.41) is 0.0138. The Hall–Kier alpha value is -0.280. The van der Waals surface area contributed by atoms with Crippen LogP contribution in [0, 0.1) is 0 Å². The number of carbonyl (C=O) groups is 1. The second-order valence-corrected chi connectivity index (χ2v) is 5.33. The van der Waals surface area contributed by atoms with Gasteiger partial charge in [-0.1, -0.05) is 0 Å². The second-order valence-electron chi connectivity index (χ2n) is 4.58. The number of hydrogen-bond donors (Lipinski definition) is 0. The molecular formula is C12H22ClNO2. The molecule has 2 atom stereocenters. The van der Waals surface area contributed by atoms with Crippen LogP contribution in [0.15, 0.2) is 0 Å². The highest BCUT2D eigenvalue weighted by atomic mass is 35.5. The first kappa shape index (κ1) is 13.8.